The Hall–Kier alpha value is -2.74. The molecule has 0 unspecified atom stereocenters. The molecule has 21 heavy (non-hydrogen) atoms. The molecule has 0 aliphatic carbocycles. The first kappa shape index (κ1) is 14.7. The highest BCUT2D eigenvalue weighted by Crippen LogP contribution is 2.33. The molecule has 0 saturated heterocycles. The lowest BCUT2D eigenvalue weighted by atomic mass is 10.2. The van der Waals surface area contributed by atoms with Crippen molar-refractivity contribution in [1.29, 1.82) is 0 Å². The third kappa shape index (κ3) is 3.23. The summed E-state index contributed by atoms with van der Waals surface area (Å²) in [5.74, 6) is -0.0864. The first-order chi connectivity index (χ1) is 9.88. The highest BCUT2D eigenvalue weighted by atomic mass is 35.5. The number of nitro groups is 2. The van der Waals surface area contributed by atoms with Crippen LogP contribution in [0.2, 0.25) is 5.02 Å². The van der Waals surface area contributed by atoms with E-state index in [-0.39, 0.29) is 28.0 Å². The Labute approximate surface area is 123 Å². The highest BCUT2D eigenvalue weighted by Gasteiger charge is 2.18. The number of aromatic nitrogens is 1. The van der Waals surface area contributed by atoms with E-state index in [9.17, 15) is 20.2 Å². The average Bonchev–Trinajstić information content (AvgIpc) is 2.37. The SMILES string of the molecule is Cc1cc(Oc2cc(Cl)ccc2[N+](=O)[O-])ncc1[N+](=O)[O-]. The van der Waals surface area contributed by atoms with Crippen LogP contribution in [0.3, 0.4) is 0 Å². The van der Waals surface area contributed by atoms with E-state index in [1.165, 1.54) is 31.2 Å². The molecule has 108 valence electrons. The number of rotatable bonds is 4. The monoisotopic (exact) mass is 309 g/mol. The molecule has 0 aliphatic heterocycles. The maximum absolute atomic E-state index is 10.9. The van der Waals surface area contributed by atoms with Gasteiger partial charge in [-0.3, -0.25) is 20.2 Å². The van der Waals surface area contributed by atoms with E-state index in [1.807, 2.05) is 0 Å². The van der Waals surface area contributed by atoms with Crippen molar-refractivity contribution in [1.82, 2.24) is 4.98 Å². The second kappa shape index (κ2) is 5.71. The molecule has 1 heterocycles. The van der Waals surface area contributed by atoms with Crippen molar-refractivity contribution < 1.29 is 14.6 Å². The molecule has 1 aromatic heterocycles. The van der Waals surface area contributed by atoms with Gasteiger partial charge in [-0.2, -0.15) is 0 Å². The molecular formula is C12H8ClN3O5. The fourth-order valence-corrected chi connectivity index (χ4v) is 1.77. The number of nitro benzene ring substituents is 1. The number of benzene rings is 1. The van der Waals surface area contributed by atoms with Gasteiger partial charge >= 0.3 is 5.69 Å². The standard InChI is InChI=1S/C12H8ClN3O5/c1-7-4-12(14-6-10(7)16(19)20)21-11-5-8(13)2-3-9(11)15(17)18/h2-6H,1H3. The van der Waals surface area contributed by atoms with Crippen LogP contribution in [0.1, 0.15) is 5.56 Å². The van der Waals surface area contributed by atoms with Gasteiger partial charge in [0, 0.05) is 28.8 Å². The van der Waals surface area contributed by atoms with Crippen LogP contribution in [0, 0.1) is 27.2 Å². The van der Waals surface area contributed by atoms with Gasteiger partial charge < -0.3 is 4.74 Å². The van der Waals surface area contributed by atoms with E-state index in [4.69, 9.17) is 16.3 Å². The van der Waals surface area contributed by atoms with Gasteiger partial charge in [-0.1, -0.05) is 11.6 Å². The summed E-state index contributed by atoms with van der Waals surface area (Å²) in [6.07, 6.45) is 1.03. The van der Waals surface area contributed by atoms with Gasteiger partial charge in [-0.05, 0) is 13.0 Å². The molecule has 8 nitrogen and oxygen atoms in total. The van der Waals surface area contributed by atoms with E-state index >= 15 is 0 Å². The Morgan fingerprint density at radius 1 is 1.14 bits per heavy atom. The van der Waals surface area contributed by atoms with Gasteiger partial charge in [-0.15, -0.1) is 0 Å². The molecule has 2 aromatic rings. The summed E-state index contributed by atoms with van der Waals surface area (Å²) in [5, 5.41) is 21.9. The summed E-state index contributed by atoms with van der Waals surface area (Å²) in [6.45, 7) is 1.51. The fourth-order valence-electron chi connectivity index (χ4n) is 1.60. The first-order valence-electron chi connectivity index (χ1n) is 5.61. The van der Waals surface area contributed by atoms with E-state index in [0.29, 0.717) is 5.56 Å². The van der Waals surface area contributed by atoms with Crippen LogP contribution >= 0.6 is 11.6 Å². The highest BCUT2D eigenvalue weighted by molar-refractivity contribution is 6.30. The minimum absolute atomic E-state index is 0.00321. The second-order valence-corrected chi connectivity index (χ2v) is 4.47. The van der Waals surface area contributed by atoms with Gasteiger partial charge in [0.15, 0.2) is 0 Å². The third-order valence-electron chi connectivity index (χ3n) is 2.59. The number of nitrogens with zero attached hydrogens (tertiary/aromatic N) is 3. The van der Waals surface area contributed by atoms with Crippen LogP contribution in [0.25, 0.3) is 0 Å². The summed E-state index contributed by atoms with van der Waals surface area (Å²) < 4.78 is 5.31. The number of pyridine rings is 1. The first-order valence-corrected chi connectivity index (χ1v) is 5.99. The molecule has 0 saturated carbocycles. The van der Waals surface area contributed by atoms with Crippen LogP contribution in [0.15, 0.2) is 30.5 Å². The van der Waals surface area contributed by atoms with Crippen molar-refractivity contribution >= 4 is 23.0 Å². The zero-order valence-corrected chi connectivity index (χ0v) is 11.4. The van der Waals surface area contributed by atoms with Crippen molar-refractivity contribution in [2.24, 2.45) is 0 Å². The number of hydrogen-bond donors (Lipinski definition) is 0. The van der Waals surface area contributed by atoms with Crippen LogP contribution in [-0.4, -0.2) is 14.8 Å². The van der Waals surface area contributed by atoms with Crippen LogP contribution in [0.5, 0.6) is 11.6 Å². The predicted molar refractivity (Wildman–Crippen MR) is 73.8 cm³/mol. The molecule has 0 spiro atoms. The largest absolute Gasteiger partial charge is 0.432 e. The molecule has 0 fully saturated rings. The molecule has 0 amide bonds. The summed E-state index contributed by atoms with van der Waals surface area (Å²) >= 11 is 5.77. The summed E-state index contributed by atoms with van der Waals surface area (Å²) in [6, 6.07) is 5.16. The smallest absolute Gasteiger partial charge is 0.311 e. The molecule has 0 radical (unpaired) electrons. The van der Waals surface area contributed by atoms with Gasteiger partial charge in [0.1, 0.15) is 6.20 Å². The Morgan fingerprint density at radius 3 is 2.38 bits per heavy atom. The Kier molecular flexibility index (Phi) is 3.99. The van der Waals surface area contributed by atoms with E-state index in [0.717, 1.165) is 6.20 Å². The lowest BCUT2D eigenvalue weighted by Gasteiger charge is -2.06. The lowest BCUT2D eigenvalue weighted by molar-refractivity contribution is -0.385. The summed E-state index contributed by atoms with van der Waals surface area (Å²) in [7, 11) is 0. The zero-order valence-electron chi connectivity index (χ0n) is 10.6. The summed E-state index contributed by atoms with van der Waals surface area (Å²) in [4.78, 5) is 24.2. The minimum Gasteiger partial charge on any atom is -0.432 e. The zero-order chi connectivity index (χ0) is 15.6. The molecule has 0 N–H and O–H groups in total. The summed E-state index contributed by atoms with van der Waals surface area (Å²) in [5.41, 5.74) is -0.116. The molecule has 0 atom stereocenters. The Morgan fingerprint density at radius 2 is 1.81 bits per heavy atom. The second-order valence-electron chi connectivity index (χ2n) is 4.04. The molecule has 9 heteroatoms. The topological polar surface area (TPSA) is 108 Å². The number of aryl methyl sites for hydroxylation is 1. The van der Waals surface area contributed by atoms with Gasteiger partial charge in [0.25, 0.3) is 5.69 Å². The predicted octanol–water partition coefficient (Wildman–Crippen LogP) is 3.65. The van der Waals surface area contributed by atoms with Crippen LogP contribution in [-0.2, 0) is 0 Å². The van der Waals surface area contributed by atoms with E-state index in [2.05, 4.69) is 4.98 Å². The minimum atomic E-state index is -0.621. The van der Waals surface area contributed by atoms with Crippen molar-refractivity contribution in [2.75, 3.05) is 0 Å². The van der Waals surface area contributed by atoms with Crippen LogP contribution < -0.4 is 4.74 Å². The van der Waals surface area contributed by atoms with Gasteiger partial charge in [0.05, 0.1) is 9.85 Å². The molecule has 0 aliphatic rings. The molecule has 1 aromatic carbocycles. The van der Waals surface area contributed by atoms with E-state index in [1.54, 1.807) is 0 Å². The maximum Gasteiger partial charge on any atom is 0.311 e. The van der Waals surface area contributed by atoms with Crippen molar-refractivity contribution in [2.45, 2.75) is 6.92 Å². The maximum atomic E-state index is 10.9. The molecule has 0 bridgehead atoms. The number of ether oxygens (including phenoxy) is 1. The average molecular weight is 310 g/mol. The Bertz CT molecular complexity index is 735. The lowest BCUT2D eigenvalue weighted by Crippen LogP contribution is -1.97. The quantitative estimate of drug-likeness (QED) is 0.630. The van der Waals surface area contributed by atoms with Crippen molar-refractivity contribution in [3.05, 3.63) is 61.3 Å². The fraction of sp³-hybridized carbons (Fsp3) is 0.0833. The normalized spacial score (nSPS) is 10.2. The van der Waals surface area contributed by atoms with Gasteiger partial charge in [0.2, 0.25) is 11.6 Å². The molecule has 2 rings (SSSR count). The van der Waals surface area contributed by atoms with Gasteiger partial charge in [-0.25, -0.2) is 4.98 Å². The van der Waals surface area contributed by atoms with Crippen molar-refractivity contribution in [3.8, 4) is 11.6 Å². The number of halogens is 1. The van der Waals surface area contributed by atoms with Crippen molar-refractivity contribution in [3.63, 3.8) is 0 Å². The molecular weight excluding hydrogens is 302 g/mol. The van der Waals surface area contributed by atoms with E-state index < -0.39 is 9.85 Å². The number of hydrogen-bond acceptors (Lipinski definition) is 6. The van der Waals surface area contributed by atoms with Crippen LogP contribution in [0.4, 0.5) is 11.4 Å². The third-order valence-corrected chi connectivity index (χ3v) is 2.82. The Balaban J connectivity index is 2.38.